The first-order valence-electron chi connectivity index (χ1n) is 8.45. The number of amides is 1. The van der Waals surface area contributed by atoms with Crippen molar-refractivity contribution in [2.45, 2.75) is 39.2 Å². The standard InChI is InChI=1S/C18H25N3O4/c1-4-12(2)14(11-22)19-16(23)9-10-17-20-18(21-25-17)13-7-5-6-8-15(13)24-3/h5-8,12,14,22H,4,9-11H2,1-3H3,(H,19,23)/t12-,14-/m1/s1. The van der Waals surface area contributed by atoms with Crippen molar-refractivity contribution in [3.05, 3.63) is 30.2 Å². The van der Waals surface area contributed by atoms with E-state index in [4.69, 9.17) is 9.26 Å². The zero-order valence-corrected chi connectivity index (χ0v) is 14.9. The Balaban J connectivity index is 1.94. The molecule has 1 heterocycles. The number of rotatable bonds is 9. The molecule has 0 saturated heterocycles. The summed E-state index contributed by atoms with van der Waals surface area (Å²) in [6.07, 6.45) is 1.45. The van der Waals surface area contributed by atoms with Gasteiger partial charge in [0, 0.05) is 12.8 Å². The van der Waals surface area contributed by atoms with E-state index in [9.17, 15) is 9.90 Å². The topological polar surface area (TPSA) is 97.5 Å². The molecule has 2 N–H and O–H groups in total. The van der Waals surface area contributed by atoms with Crippen LogP contribution in [0.5, 0.6) is 5.75 Å². The molecule has 2 aromatic rings. The highest BCUT2D eigenvalue weighted by molar-refractivity contribution is 5.76. The second-order valence-corrected chi connectivity index (χ2v) is 5.95. The molecule has 1 aromatic carbocycles. The van der Waals surface area contributed by atoms with Crippen LogP contribution in [-0.4, -0.2) is 40.9 Å². The molecule has 0 radical (unpaired) electrons. The summed E-state index contributed by atoms with van der Waals surface area (Å²) in [4.78, 5) is 16.4. The molecular formula is C18H25N3O4. The molecule has 2 rings (SSSR count). The summed E-state index contributed by atoms with van der Waals surface area (Å²) >= 11 is 0. The molecule has 0 fully saturated rings. The molecule has 0 aliphatic carbocycles. The first-order valence-corrected chi connectivity index (χ1v) is 8.45. The van der Waals surface area contributed by atoms with E-state index in [-0.39, 0.29) is 30.9 Å². The van der Waals surface area contributed by atoms with Gasteiger partial charge in [0.25, 0.3) is 0 Å². The molecule has 1 aromatic heterocycles. The average Bonchev–Trinajstić information content (AvgIpc) is 3.12. The van der Waals surface area contributed by atoms with Gasteiger partial charge in [0.2, 0.25) is 17.6 Å². The number of ether oxygens (including phenoxy) is 1. The lowest BCUT2D eigenvalue weighted by Crippen LogP contribution is -2.41. The van der Waals surface area contributed by atoms with Crippen LogP contribution < -0.4 is 10.1 Å². The molecule has 25 heavy (non-hydrogen) atoms. The number of nitrogens with one attached hydrogen (secondary N) is 1. The van der Waals surface area contributed by atoms with Gasteiger partial charge in [0.05, 0.1) is 25.3 Å². The number of carbonyl (C=O) groups excluding carboxylic acids is 1. The van der Waals surface area contributed by atoms with E-state index in [0.29, 0.717) is 23.9 Å². The predicted octanol–water partition coefficient (Wildman–Crippen LogP) is 2.20. The van der Waals surface area contributed by atoms with Crippen molar-refractivity contribution in [1.82, 2.24) is 15.5 Å². The van der Waals surface area contributed by atoms with Gasteiger partial charge >= 0.3 is 0 Å². The van der Waals surface area contributed by atoms with Crippen molar-refractivity contribution < 1.29 is 19.2 Å². The number of aliphatic hydroxyl groups is 1. The lowest BCUT2D eigenvalue weighted by Gasteiger charge is -2.21. The number of hydrogen-bond donors (Lipinski definition) is 2. The Bertz CT molecular complexity index is 686. The van der Waals surface area contributed by atoms with E-state index in [1.165, 1.54) is 0 Å². The minimum absolute atomic E-state index is 0.0702. The third-order valence-corrected chi connectivity index (χ3v) is 4.26. The van der Waals surface area contributed by atoms with Crippen molar-refractivity contribution in [2.75, 3.05) is 13.7 Å². The highest BCUT2D eigenvalue weighted by atomic mass is 16.5. The van der Waals surface area contributed by atoms with Gasteiger partial charge in [-0.2, -0.15) is 4.98 Å². The highest BCUT2D eigenvalue weighted by Crippen LogP contribution is 2.27. The maximum absolute atomic E-state index is 12.1. The average molecular weight is 347 g/mol. The molecule has 0 aliphatic heterocycles. The molecule has 0 bridgehead atoms. The normalized spacial score (nSPS) is 13.3. The quantitative estimate of drug-likeness (QED) is 0.722. The Kier molecular flexibility index (Phi) is 6.94. The molecule has 7 heteroatoms. The Morgan fingerprint density at radius 3 is 2.84 bits per heavy atom. The number of aliphatic hydroxyl groups excluding tert-OH is 1. The summed E-state index contributed by atoms with van der Waals surface area (Å²) < 4.78 is 10.5. The minimum atomic E-state index is -0.232. The first kappa shape index (κ1) is 18.9. The van der Waals surface area contributed by atoms with Crippen molar-refractivity contribution in [2.24, 2.45) is 5.92 Å². The van der Waals surface area contributed by atoms with Crippen LogP contribution in [0.15, 0.2) is 28.8 Å². The van der Waals surface area contributed by atoms with Crippen LogP contribution in [0.1, 0.15) is 32.6 Å². The number of para-hydroxylation sites is 1. The third kappa shape index (κ3) is 5.03. The van der Waals surface area contributed by atoms with Gasteiger partial charge in [-0.1, -0.05) is 37.6 Å². The highest BCUT2D eigenvalue weighted by Gasteiger charge is 2.18. The van der Waals surface area contributed by atoms with Gasteiger partial charge in [0.15, 0.2) is 0 Å². The predicted molar refractivity (Wildman–Crippen MR) is 93.1 cm³/mol. The largest absolute Gasteiger partial charge is 0.496 e. The second kappa shape index (κ2) is 9.17. The molecule has 0 saturated carbocycles. The van der Waals surface area contributed by atoms with Crippen molar-refractivity contribution in [3.8, 4) is 17.1 Å². The van der Waals surface area contributed by atoms with Gasteiger partial charge < -0.3 is 19.7 Å². The van der Waals surface area contributed by atoms with Gasteiger partial charge in [-0.3, -0.25) is 4.79 Å². The van der Waals surface area contributed by atoms with Crippen LogP contribution in [0.2, 0.25) is 0 Å². The van der Waals surface area contributed by atoms with Gasteiger partial charge in [-0.25, -0.2) is 0 Å². The van der Waals surface area contributed by atoms with Crippen LogP contribution in [0.4, 0.5) is 0 Å². The van der Waals surface area contributed by atoms with E-state index in [1.54, 1.807) is 7.11 Å². The Labute approximate surface area is 147 Å². The summed E-state index contributed by atoms with van der Waals surface area (Å²) in [5.74, 6) is 1.55. The molecule has 1 amide bonds. The van der Waals surface area contributed by atoms with Crippen molar-refractivity contribution >= 4 is 5.91 Å². The van der Waals surface area contributed by atoms with Crippen LogP contribution in [0, 0.1) is 5.92 Å². The van der Waals surface area contributed by atoms with Crippen molar-refractivity contribution in [3.63, 3.8) is 0 Å². The lowest BCUT2D eigenvalue weighted by atomic mass is 10.00. The van der Waals surface area contributed by atoms with E-state index in [2.05, 4.69) is 15.5 Å². The number of hydrogen-bond acceptors (Lipinski definition) is 6. The van der Waals surface area contributed by atoms with Crippen LogP contribution in [0.25, 0.3) is 11.4 Å². The SMILES string of the molecule is CC[C@@H](C)[C@@H](CO)NC(=O)CCc1nc(-c2ccccc2OC)no1. The minimum Gasteiger partial charge on any atom is -0.496 e. The van der Waals surface area contributed by atoms with Crippen molar-refractivity contribution in [1.29, 1.82) is 0 Å². The number of aromatic nitrogens is 2. The summed E-state index contributed by atoms with van der Waals surface area (Å²) in [5, 5.41) is 16.2. The molecule has 7 nitrogen and oxygen atoms in total. The fourth-order valence-corrected chi connectivity index (χ4v) is 2.45. The molecule has 0 spiro atoms. The number of benzene rings is 1. The van der Waals surface area contributed by atoms with Crippen LogP contribution >= 0.6 is 0 Å². The fourth-order valence-electron chi connectivity index (χ4n) is 2.45. The zero-order valence-electron chi connectivity index (χ0n) is 14.9. The first-order chi connectivity index (χ1) is 12.1. The Morgan fingerprint density at radius 2 is 2.16 bits per heavy atom. The summed E-state index contributed by atoms with van der Waals surface area (Å²) in [6, 6.07) is 7.17. The molecule has 0 unspecified atom stereocenters. The van der Waals surface area contributed by atoms with Crippen LogP contribution in [0.3, 0.4) is 0 Å². The maximum Gasteiger partial charge on any atom is 0.227 e. The monoisotopic (exact) mass is 347 g/mol. The van der Waals surface area contributed by atoms with Crippen LogP contribution in [-0.2, 0) is 11.2 Å². The Hall–Kier alpha value is -2.41. The molecule has 2 atom stereocenters. The third-order valence-electron chi connectivity index (χ3n) is 4.26. The number of carbonyl (C=O) groups is 1. The summed E-state index contributed by atoms with van der Waals surface area (Å²) in [6.45, 7) is 3.95. The second-order valence-electron chi connectivity index (χ2n) is 5.95. The fraction of sp³-hybridized carbons (Fsp3) is 0.500. The molecule has 136 valence electrons. The van der Waals surface area contributed by atoms with Gasteiger partial charge in [-0.05, 0) is 18.1 Å². The number of nitrogens with zero attached hydrogens (tertiary/aromatic N) is 2. The number of methoxy groups -OCH3 is 1. The zero-order chi connectivity index (χ0) is 18.2. The van der Waals surface area contributed by atoms with E-state index in [1.807, 2.05) is 38.1 Å². The number of aryl methyl sites for hydroxylation is 1. The maximum atomic E-state index is 12.1. The van der Waals surface area contributed by atoms with E-state index < -0.39 is 0 Å². The summed E-state index contributed by atoms with van der Waals surface area (Å²) in [7, 11) is 1.58. The van der Waals surface area contributed by atoms with E-state index >= 15 is 0 Å². The molecule has 0 aliphatic rings. The Morgan fingerprint density at radius 1 is 1.40 bits per heavy atom. The molecular weight excluding hydrogens is 322 g/mol. The smallest absolute Gasteiger partial charge is 0.227 e. The summed E-state index contributed by atoms with van der Waals surface area (Å²) in [5.41, 5.74) is 0.738. The van der Waals surface area contributed by atoms with Gasteiger partial charge in [-0.15, -0.1) is 0 Å². The van der Waals surface area contributed by atoms with Gasteiger partial charge in [0.1, 0.15) is 5.75 Å². The van der Waals surface area contributed by atoms with E-state index in [0.717, 1.165) is 12.0 Å². The lowest BCUT2D eigenvalue weighted by molar-refractivity contribution is -0.122.